The summed E-state index contributed by atoms with van der Waals surface area (Å²) in [5.74, 6) is -1.88. The van der Waals surface area contributed by atoms with Gasteiger partial charge in [-0.25, -0.2) is 0 Å². The average Bonchev–Trinajstić information content (AvgIpc) is 2.69. The van der Waals surface area contributed by atoms with Crippen LogP contribution in [0.3, 0.4) is 0 Å². The number of benzene rings is 2. The Bertz CT molecular complexity index is 960. The van der Waals surface area contributed by atoms with E-state index in [1.165, 1.54) is 11.9 Å². The van der Waals surface area contributed by atoms with Crippen molar-refractivity contribution in [2.45, 2.75) is 32.7 Å². The van der Waals surface area contributed by atoms with E-state index >= 15 is 0 Å². The molecule has 0 spiro atoms. The molecular formula is C23H29N3O5. The Morgan fingerprint density at radius 1 is 0.968 bits per heavy atom. The number of likely N-dealkylation sites (N-methyl/N-ethyl adjacent to an activating group) is 1. The van der Waals surface area contributed by atoms with E-state index in [0.717, 1.165) is 16.3 Å². The second-order valence-corrected chi connectivity index (χ2v) is 8.30. The van der Waals surface area contributed by atoms with Crippen LogP contribution >= 0.6 is 0 Å². The average molecular weight is 428 g/mol. The third kappa shape index (κ3) is 8.08. The van der Waals surface area contributed by atoms with Gasteiger partial charge in [-0.15, -0.1) is 0 Å². The smallest absolute Gasteiger partial charge is 0.325 e. The first kappa shape index (κ1) is 23.9. The highest BCUT2D eigenvalue weighted by Gasteiger charge is 2.19. The van der Waals surface area contributed by atoms with Crippen molar-refractivity contribution in [3.63, 3.8) is 0 Å². The van der Waals surface area contributed by atoms with Crippen LogP contribution in [-0.2, 0) is 30.3 Å². The lowest BCUT2D eigenvalue weighted by atomic mass is 10.0. The van der Waals surface area contributed by atoms with Crippen LogP contribution < -0.4 is 10.6 Å². The van der Waals surface area contributed by atoms with E-state index in [4.69, 9.17) is 4.74 Å². The highest BCUT2D eigenvalue weighted by molar-refractivity contribution is 5.91. The van der Waals surface area contributed by atoms with Crippen molar-refractivity contribution < 1.29 is 23.9 Å². The van der Waals surface area contributed by atoms with Crippen LogP contribution in [0.25, 0.3) is 10.8 Å². The summed E-state index contributed by atoms with van der Waals surface area (Å²) in [6, 6.07) is 13.5. The summed E-state index contributed by atoms with van der Waals surface area (Å²) in [4.78, 5) is 49.1. The summed E-state index contributed by atoms with van der Waals surface area (Å²) in [6.07, 6.45) is 0.124. The molecule has 2 aromatic rings. The van der Waals surface area contributed by atoms with Crippen molar-refractivity contribution in [1.29, 1.82) is 0 Å². The van der Waals surface area contributed by atoms with Crippen molar-refractivity contribution in [1.82, 2.24) is 15.5 Å². The number of nitrogens with one attached hydrogen (secondary N) is 2. The minimum absolute atomic E-state index is 0.124. The fourth-order valence-electron chi connectivity index (χ4n) is 2.92. The predicted octanol–water partition coefficient (Wildman–Crippen LogP) is 1.41. The lowest BCUT2D eigenvalue weighted by molar-refractivity contribution is -0.151. The molecular weight excluding hydrogens is 398 g/mol. The lowest BCUT2D eigenvalue weighted by Gasteiger charge is -2.23. The summed E-state index contributed by atoms with van der Waals surface area (Å²) < 4.78 is 4.90. The van der Waals surface area contributed by atoms with Crippen molar-refractivity contribution in [3.8, 4) is 0 Å². The molecule has 2 N–H and O–H groups in total. The van der Waals surface area contributed by atoms with Gasteiger partial charge in [-0.05, 0) is 37.1 Å². The molecule has 0 aliphatic heterocycles. The Morgan fingerprint density at radius 2 is 1.65 bits per heavy atom. The van der Waals surface area contributed by atoms with Gasteiger partial charge in [0.25, 0.3) is 5.91 Å². The molecule has 0 radical (unpaired) electrons. The maximum atomic E-state index is 12.2. The zero-order valence-corrected chi connectivity index (χ0v) is 18.4. The largest absolute Gasteiger partial charge is 0.454 e. The standard InChI is InChI=1S/C23H29N3O5/c1-23(2,3)25-20(28)14-26(4)21(29)15-31-22(30)13-24-19(27)12-17-10-7-9-16-8-5-6-11-18(16)17/h5-11H,12-15H2,1-4H3,(H,24,27)(H,25,28). The number of carbonyl (C=O) groups excluding carboxylic acids is 4. The van der Waals surface area contributed by atoms with Crippen LogP contribution in [0.4, 0.5) is 0 Å². The van der Waals surface area contributed by atoms with E-state index in [1.54, 1.807) is 0 Å². The van der Waals surface area contributed by atoms with Gasteiger partial charge in [0, 0.05) is 12.6 Å². The van der Waals surface area contributed by atoms with E-state index in [2.05, 4.69) is 10.6 Å². The molecule has 0 fully saturated rings. The molecule has 8 heteroatoms. The topological polar surface area (TPSA) is 105 Å². The molecule has 8 nitrogen and oxygen atoms in total. The zero-order chi connectivity index (χ0) is 23.0. The first-order chi connectivity index (χ1) is 14.5. The summed E-state index contributed by atoms with van der Waals surface area (Å²) in [6.45, 7) is 4.52. The minimum Gasteiger partial charge on any atom is -0.454 e. The molecule has 2 aromatic carbocycles. The van der Waals surface area contributed by atoms with Gasteiger partial charge in [0.2, 0.25) is 11.8 Å². The highest BCUT2D eigenvalue weighted by atomic mass is 16.5. The first-order valence-corrected chi connectivity index (χ1v) is 9.99. The lowest BCUT2D eigenvalue weighted by Crippen LogP contribution is -2.47. The number of amides is 3. The number of ether oxygens (including phenoxy) is 1. The molecule has 3 amide bonds. The maximum absolute atomic E-state index is 12.2. The highest BCUT2D eigenvalue weighted by Crippen LogP contribution is 2.18. The molecule has 2 rings (SSSR count). The van der Waals surface area contributed by atoms with Crippen molar-refractivity contribution in [2.75, 3.05) is 26.7 Å². The molecule has 0 saturated carbocycles. The number of esters is 1. The molecule has 0 atom stereocenters. The van der Waals surface area contributed by atoms with E-state index in [9.17, 15) is 19.2 Å². The van der Waals surface area contributed by atoms with E-state index < -0.39 is 24.0 Å². The quantitative estimate of drug-likeness (QED) is 0.620. The summed E-state index contributed by atoms with van der Waals surface area (Å²) in [7, 11) is 1.45. The van der Waals surface area contributed by atoms with Gasteiger partial charge in [0.05, 0.1) is 13.0 Å². The van der Waals surface area contributed by atoms with E-state index in [0.29, 0.717) is 0 Å². The van der Waals surface area contributed by atoms with Crippen LogP contribution in [-0.4, -0.2) is 60.9 Å². The molecule has 166 valence electrons. The molecule has 0 heterocycles. The molecule has 0 aliphatic carbocycles. The van der Waals surface area contributed by atoms with Gasteiger partial charge in [-0.3, -0.25) is 19.2 Å². The van der Waals surface area contributed by atoms with Crippen molar-refractivity contribution >= 4 is 34.5 Å². The number of hydrogen-bond acceptors (Lipinski definition) is 5. The maximum Gasteiger partial charge on any atom is 0.325 e. The second-order valence-electron chi connectivity index (χ2n) is 8.30. The van der Waals surface area contributed by atoms with Crippen LogP contribution in [0.1, 0.15) is 26.3 Å². The van der Waals surface area contributed by atoms with Gasteiger partial charge >= 0.3 is 5.97 Å². The molecule has 0 aliphatic rings. The van der Waals surface area contributed by atoms with Crippen LogP contribution in [0.2, 0.25) is 0 Å². The van der Waals surface area contributed by atoms with Crippen LogP contribution in [0.15, 0.2) is 42.5 Å². The predicted molar refractivity (Wildman–Crippen MR) is 117 cm³/mol. The summed E-state index contributed by atoms with van der Waals surface area (Å²) >= 11 is 0. The molecule has 0 unspecified atom stereocenters. The Kier molecular flexibility index (Phi) is 8.13. The second kappa shape index (κ2) is 10.6. The summed E-state index contributed by atoms with van der Waals surface area (Å²) in [5, 5.41) is 7.26. The van der Waals surface area contributed by atoms with Gasteiger partial charge in [-0.1, -0.05) is 42.5 Å². The fourth-order valence-corrected chi connectivity index (χ4v) is 2.92. The fraction of sp³-hybridized carbons (Fsp3) is 0.391. The van der Waals surface area contributed by atoms with E-state index in [-0.39, 0.29) is 31.3 Å². The SMILES string of the molecule is CN(CC(=O)NC(C)(C)C)C(=O)COC(=O)CNC(=O)Cc1cccc2ccccc12. The zero-order valence-electron chi connectivity index (χ0n) is 18.4. The monoisotopic (exact) mass is 427 g/mol. The van der Waals surface area contributed by atoms with Gasteiger partial charge in [0.1, 0.15) is 6.54 Å². The van der Waals surface area contributed by atoms with Crippen molar-refractivity contribution in [3.05, 3.63) is 48.0 Å². The van der Waals surface area contributed by atoms with Crippen molar-refractivity contribution in [2.24, 2.45) is 0 Å². The van der Waals surface area contributed by atoms with E-state index in [1.807, 2.05) is 63.2 Å². The number of fused-ring (bicyclic) bond motifs is 1. The molecule has 0 bridgehead atoms. The molecule has 31 heavy (non-hydrogen) atoms. The Balaban J connectivity index is 1.74. The van der Waals surface area contributed by atoms with Crippen LogP contribution in [0, 0.1) is 0 Å². The molecule has 0 saturated heterocycles. The first-order valence-electron chi connectivity index (χ1n) is 9.99. The summed E-state index contributed by atoms with van der Waals surface area (Å²) in [5.41, 5.74) is 0.451. The number of carbonyl (C=O) groups is 4. The number of rotatable bonds is 8. The van der Waals surface area contributed by atoms with Gasteiger partial charge in [0.15, 0.2) is 6.61 Å². The Hall–Kier alpha value is -3.42. The Labute approximate surface area is 181 Å². The van der Waals surface area contributed by atoms with Gasteiger partial charge < -0.3 is 20.3 Å². The third-order valence-corrected chi connectivity index (χ3v) is 4.34. The molecule has 0 aromatic heterocycles. The third-order valence-electron chi connectivity index (χ3n) is 4.34. The van der Waals surface area contributed by atoms with Gasteiger partial charge in [-0.2, -0.15) is 0 Å². The number of hydrogen-bond donors (Lipinski definition) is 2. The minimum atomic E-state index is -0.729. The number of nitrogens with zero attached hydrogens (tertiary/aromatic N) is 1. The Morgan fingerprint density at radius 3 is 2.35 bits per heavy atom. The van der Waals surface area contributed by atoms with Crippen LogP contribution in [0.5, 0.6) is 0 Å². The normalized spacial score (nSPS) is 11.0.